The van der Waals surface area contributed by atoms with Crippen LogP contribution in [-0.2, 0) is 32.7 Å². The lowest BCUT2D eigenvalue weighted by atomic mass is 10.1. The quantitative estimate of drug-likeness (QED) is 0.138. The number of aliphatic hydroxyl groups excluding tert-OH is 2. The van der Waals surface area contributed by atoms with Gasteiger partial charge in [0.05, 0.1) is 19.8 Å². The number of rotatable bonds is 20. The van der Waals surface area contributed by atoms with Crippen molar-refractivity contribution in [1.82, 2.24) is 0 Å². The van der Waals surface area contributed by atoms with Gasteiger partial charge in [-0.25, -0.2) is 4.57 Å². The summed E-state index contributed by atoms with van der Waals surface area (Å²) in [4.78, 5) is 32.6. The third-order valence-corrected chi connectivity index (χ3v) is 5.26. The first-order valence-corrected chi connectivity index (χ1v) is 12.4. The predicted octanol–water partition coefficient (Wildman–Crippen LogP) is 2.87. The van der Waals surface area contributed by atoms with Gasteiger partial charge in [-0.1, -0.05) is 58.3 Å². The molecule has 10 nitrogen and oxygen atoms in total. The lowest BCUT2D eigenvalue weighted by molar-refractivity contribution is -0.159. The van der Waals surface area contributed by atoms with Crippen LogP contribution in [0, 0.1) is 0 Å². The second-order valence-electron chi connectivity index (χ2n) is 7.39. The maximum Gasteiger partial charge on any atom is 0.472 e. The number of unbranched alkanes of at least 4 members (excludes halogenated alkanes) is 8. The zero-order chi connectivity index (χ0) is 23.5. The van der Waals surface area contributed by atoms with Crippen molar-refractivity contribution in [2.75, 3.05) is 26.4 Å². The lowest BCUT2D eigenvalue weighted by Crippen LogP contribution is -2.29. The molecule has 0 fully saturated rings. The first-order valence-electron chi connectivity index (χ1n) is 10.9. The Morgan fingerprint density at radius 3 is 2.00 bits per heavy atom. The molecule has 0 aliphatic carbocycles. The molecule has 31 heavy (non-hydrogen) atoms. The molecular weight excluding hydrogens is 431 g/mol. The molecular formula is C20H39O10P. The van der Waals surface area contributed by atoms with E-state index in [4.69, 9.17) is 24.2 Å². The van der Waals surface area contributed by atoms with Crippen LogP contribution < -0.4 is 0 Å². The van der Waals surface area contributed by atoms with Crippen molar-refractivity contribution in [2.45, 2.75) is 90.3 Å². The molecule has 0 heterocycles. The van der Waals surface area contributed by atoms with Crippen molar-refractivity contribution in [3.63, 3.8) is 0 Å². The molecule has 0 aliphatic rings. The molecule has 0 aromatic rings. The molecule has 11 heteroatoms. The maximum atomic E-state index is 11.9. The van der Waals surface area contributed by atoms with E-state index in [0.717, 1.165) is 26.2 Å². The van der Waals surface area contributed by atoms with Gasteiger partial charge in [0.2, 0.25) is 0 Å². The van der Waals surface area contributed by atoms with Gasteiger partial charge in [0.1, 0.15) is 12.7 Å². The van der Waals surface area contributed by atoms with Gasteiger partial charge in [0.15, 0.2) is 6.10 Å². The maximum absolute atomic E-state index is 11.9. The summed E-state index contributed by atoms with van der Waals surface area (Å²) in [7, 11) is -4.54. The molecule has 0 saturated heterocycles. The summed E-state index contributed by atoms with van der Waals surface area (Å²) in [6.07, 6.45) is 7.93. The Labute approximate surface area is 184 Å². The van der Waals surface area contributed by atoms with E-state index in [9.17, 15) is 19.0 Å². The first kappa shape index (κ1) is 30.0. The van der Waals surface area contributed by atoms with Gasteiger partial charge in [-0.2, -0.15) is 0 Å². The fraction of sp³-hybridized carbons (Fsp3) is 0.900. The highest BCUT2D eigenvalue weighted by molar-refractivity contribution is 7.47. The minimum absolute atomic E-state index is 0.240. The number of esters is 2. The van der Waals surface area contributed by atoms with Gasteiger partial charge in [0, 0.05) is 13.3 Å². The molecule has 0 aromatic heterocycles. The van der Waals surface area contributed by atoms with Gasteiger partial charge in [0.25, 0.3) is 0 Å². The van der Waals surface area contributed by atoms with E-state index in [0.29, 0.717) is 6.42 Å². The molecule has 0 spiro atoms. The molecule has 0 amide bonds. The van der Waals surface area contributed by atoms with Crippen LogP contribution >= 0.6 is 7.82 Å². The van der Waals surface area contributed by atoms with E-state index in [2.05, 4.69) is 11.4 Å². The number of carbonyl (C=O) groups excluding carboxylic acids is 2. The highest BCUT2D eigenvalue weighted by Gasteiger charge is 2.26. The average molecular weight is 470 g/mol. The van der Waals surface area contributed by atoms with Crippen LogP contribution in [0.5, 0.6) is 0 Å². The number of ether oxygens (including phenoxy) is 2. The zero-order valence-electron chi connectivity index (χ0n) is 18.7. The van der Waals surface area contributed by atoms with Crippen molar-refractivity contribution in [1.29, 1.82) is 0 Å². The van der Waals surface area contributed by atoms with Gasteiger partial charge in [-0.3, -0.25) is 18.6 Å². The molecule has 0 aromatic carbocycles. The number of carbonyl (C=O) groups is 2. The summed E-state index contributed by atoms with van der Waals surface area (Å²) in [6, 6.07) is 0. The van der Waals surface area contributed by atoms with Gasteiger partial charge in [-0.15, -0.1) is 0 Å². The van der Waals surface area contributed by atoms with Crippen LogP contribution in [0.2, 0.25) is 0 Å². The number of phosphoric acid groups is 1. The lowest BCUT2D eigenvalue weighted by Gasteiger charge is -2.19. The molecule has 0 radical (unpaired) electrons. The van der Waals surface area contributed by atoms with Crippen molar-refractivity contribution in [3.05, 3.63) is 0 Å². The van der Waals surface area contributed by atoms with Crippen LogP contribution in [0.1, 0.15) is 78.1 Å². The Morgan fingerprint density at radius 1 is 0.903 bits per heavy atom. The molecule has 184 valence electrons. The van der Waals surface area contributed by atoms with E-state index < -0.39 is 51.8 Å². The number of hydrogen-bond donors (Lipinski definition) is 3. The van der Waals surface area contributed by atoms with E-state index in [1.54, 1.807) is 0 Å². The van der Waals surface area contributed by atoms with Crippen molar-refractivity contribution >= 4 is 19.8 Å². The highest BCUT2D eigenvalue weighted by Crippen LogP contribution is 2.43. The standard InChI is InChI=1S/C20H39O10P/c1-3-4-5-6-7-8-9-10-11-12-20(24)27-15-19(30-17(2)22)16-29-31(25,26)28-14-18(23)13-21/h18-19,21,23H,3-16H2,1-2H3,(H,25,26)/t18-,19+/m0/s1. The Balaban J connectivity index is 4.09. The Bertz CT molecular complexity index is 528. The fourth-order valence-corrected chi connectivity index (χ4v) is 3.43. The largest absolute Gasteiger partial charge is 0.472 e. The van der Waals surface area contributed by atoms with Crippen LogP contribution in [0.15, 0.2) is 0 Å². The second-order valence-corrected chi connectivity index (χ2v) is 8.84. The summed E-state index contributed by atoms with van der Waals surface area (Å²) >= 11 is 0. The Morgan fingerprint density at radius 2 is 1.45 bits per heavy atom. The van der Waals surface area contributed by atoms with Gasteiger partial charge >= 0.3 is 19.8 Å². The third kappa shape index (κ3) is 19.4. The molecule has 0 rings (SSSR count). The molecule has 0 aliphatic heterocycles. The highest BCUT2D eigenvalue weighted by atomic mass is 31.2. The smallest absolute Gasteiger partial charge is 0.462 e. The predicted molar refractivity (Wildman–Crippen MR) is 113 cm³/mol. The monoisotopic (exact) mass is 470 g/mol. The molecule has 3 atom stereocenters. The van der Waals surface area contributed by atoms with Crippen molar-refractivity contribution in [2.24, 2.45) is 0 Å². The zero-order valence-corrected chi connectivity index (χ0v) is 19.6. The summed E-state index contributed by atoms with van der Waals surface area (Å²) < 4.78 is 30.9. The minimum atomic E-state index is -4.54. The Kier molecular flexibility index (Phi) is 17.9. The van der Waals surface area contributed by atoms with Crippen LogP contribution in [-0.4, -0.2) is 65.7 Å². The summed E-state index contributed by atoms with van der Waals surface area (Å²) in [5, 5.41) is 17.8. The van der Waals surface area contributed by atoms with Gasteiger partial charge < -0.3 is 24.6 Å². The normalized spacial score (nSPS) is 15.1. The number of phosphoric ester groups is 1. The van der Waals surface area contributed by atoms with Crippen LogP contribution in [0.25, 0.3) is 0 Å². The SMILES string of the molecule is CCCCCCCCCCCC(=O)OC[C@H](COP(=O)(O)OC[C@@H](O)CO)OC(C)=O. The van der Waals surface area contributed by atoms with Crippen molar-refractivity contribution < 1.29 is 47.8 Å². The number of hydrogen-bond acceptors (Lipinski definition) is 9. The second kappa shape index (κ2) is 18.5. The summed E-state index contributed by atoms with van der Waals surface area (Å²) in [5.41, 5.74) is 0. The van der Waals surface area contributed by atoms with Gasteiger partial charge in [-0.05, 0) is 6.42 Å². The molecule has 0 bridgehead atoms. The van der Waals surface area contributed by atoms with Crippen LogP contribution in [0.4, 0.5) is 0 Å². The Hall–Kier alpha value is -1.03. The number of aliphatic hydroxyl groups is 2. The average Bonchev–Trinajstić information content (AvgIpc) is 2.72. The van der Waals surface area contributed by atoms with E-state index in [1.165, 1.54) is 32.1 Å². The van der Waals surface area contributed by atoms with E-state index in [1.807, 2.05) is 0 Å². The third-order valence-electron chi connectivity index (χ3n) is 4.31. The van der Waals surface area contributed by atoms with Crippen LogP contribution in [0.3, 0.4) is 0 Å². The van der Waals surface area contributed by atoms with E-state index >= 15 is 0 Å². The first-order chi connectivity index (χ1) is 14.7. The van der Waals surface area contributed by atoms with Crippen molar-refractivity contribution in [3.8, 4) is 0 Å². The summed E-state index contributed by atoms with van der Waals surface area (Å²) in [5.74, 6) is -1.12. The summed E-state index contributed by atoms with van der Waals surface area (Å²) in [6.45, 7) is 1.20. The molecule has 0 saturated carbocycles. The molecule has 1 unspecified atom stereocenters. The van der Waals surface area contributed by atoms with E-state index in [-0.39, 0.29) is 13.0 Å². The molecule has 3 N–H and O–H groups in total. The topological polar surface area (TPSA) is 149 Å². The fourth-order valence-electron chi connectivity index (χ4n) is 2.64. The minimum Gasteiger partial charge on any atom is -0.462 e.